The number of carbonyl (C=O) groups excluding carboxylic acids is 1. The number of nitrogens with zero attached hydrogens (tertiary/aromatic N) is 1. The first-order valence-electron chi connectivity index (χ1n) is 8.70. The van der Waals surface area contributed by atoms with Gasteiger partial charge in [0.2, 0.25) is 0 Å². The molecule has 2 rings (SSSR count). The molecular weight excluding hydrogens is 322 g/mol. The molecule has 1 atom stereocenters. The van der Waals surface area contributed by atoms with Crippen molar-refractivity contribution in [1.82, 2.24) is 4.90 Å². The predicted molar refractivity (Wildman–Crippen MR) is 94.2 cm³/mol. The van der Waals surface area contributed by atoms with E-state index >= 15 is 0 Å². The van der Waals surface area contributed by atoms with E-state index in [2.05, 4.69) is 0 Å². The van der Waals surface area contributed by atoms with Crippen molar-refractivity contribution in [1.29, 1.82) is 0 Å². The fourth-order valence-electron chi connectivity index (χ4n) is 3.15. The van der Waals surface area contributed by atoms with E-state index in [1.165, 1.54) is 0 Å². The molecule has 1 aliphatic heterocycles. The number of carboxylic acid groups (broad SMARTS) is 1. The van der Waals surface area contributed by atoms with Gasteiger partial charge < -0.3 is 19.5 Å². The Hall–Kier alpha value is -2.24. The maximum atomic E-state index is 12.6. The third-order valence-electron chi connectivity index (χ3n) is 4.14. The van der Waals surface area contributed by atoms with E-state index in [1.54, 1.807) is 17.0 Å². The zero-order chi connectivity index (χ0) is 18.8. The molecule has 0 aliphatic carbocycles. The van der Waals surface area contributed by atoms with Crippen molar-refractivity contribution < 1.29 is 24.2 Å². The van der Waals surface area contributed by atoms with Crippen molar-refractivity contribution in [2.45, 2.75) is 59.1 Å². The number of hydrogen-bond donors (Lipinski definition) is 1. The van der Waals surface area contributed by atoms with Crippen molar-refractivity contribution in [2.75, 3.05) is 13.2 Å². The number of amides is 1. The molecule has 25 heavy (non-hydrogen) atoms. The minimum Gasteiger partial charge on any atom is -0.493 e. The van der Waals surface area contributed by atoms with Crippen LogP contribution in [0.5, 0.6) is 5.75 Å². The molecule has 1 aromatic carbocycles. The summed E-state index contributed by atoms with van der Waals surface area (Å²) >= 11 is 0. The third kappa shape index (κ3) is 4.24. The summed E-state index contributed by atoms with van der Waals surface area (Å²) in [4.78, 5) is 25.8. The van der Waals surface area contributed by atoms with Gasteiger partial charge in [0.05, 0.1) is 12.6 Å². The van der Waals surface area contributed by atoms with Gasteiger partial charge in [-0.2, -0.15) is 0 Å². The smallest absolute Gasteiger partial charge is 0.410 e. The maximum Gasteiger partial charge on any atom is 0.410 e. The van der Waals surface area contributed by atoms with Crippen LogP contribution in [-0.2, 0) is 11.2 Å². The number of carbonyl (C=O) groups is 2. The maximum absolute atomic E-state index is 12.6. The lowest BCUT2D eigenvalue weighted by Gasteiger charge is -2.38. The first-order valence-corrected chi connectivity index (χ1v) is 8.70. The molecule has 138 valence electrons. The normalized spacial score (nSPS) is 17.0. The van der Waals surface area contributed by atoms with Crippen LogP contribution in [0.1, 0.15) is 68.6 Å². The zero-order valence-electron chi connectivity index (χ0n) is 15.6. The molecule has 0 bridgehead atoms. The van der Waals surface area contributed by atoms with Gasteiger partial charge in [0.1, 0.15) is 16.9 Å². The standard InChI is InChI=1S/C19H27NO5/c1-6-15-13-11-16(24-7-2)14(17(21)22)10-12(13)8-9-20(15)18(23)25-19(3,4)5/h10-11,15H,6-9H2,1-5H3,(H,21,22). The SMILES string of the molecule is CCOc1cc2c(cc1C(=O)O)CCN(C(=O)OC(C)(C)C)C2CC. The van der Waals surface area contributed by atoms with Gasteiger partial charge in [-0.1, -0.05) is 6.92 Å². The topological polar surface area (TPSA) is 76.1 Å². The Kier molecular flexibility index (Phi) is 5.60. The van der Waals surface area contributed by atoms with Gasteiger partial charge in [0.15, 0.2) is 0 Å². The summed E-state index contributed by atoms with van der Waals surface area (Å²) in [6, 6.07) is 3.30. The van der Waals surface area contributed by atoms with Crippen molar-refractivity contribution in [3.05, 3.63) is 28.8 Å². The number of benzene rings is 1. The van der Waals surface area contributed by atoms with Crippen LogP contribution in [0.4, 0.5) is 4.79 Å². The molecule has 0 fully saturated rings. The fourth-order valence-corrected chi connectivity index (χ4v) is 3.15. The van der Waals surface area contributed by atoms with E-state index in [4.69, 9.17) is 9.47 Å². The van der Waals surface area contributed by atoms with Crippen LogP contribution < -0.4 is 4.74 Å². The second kappa shape index (κ2) is 7.33. The van der Waals surface area contributed by atoms with Crippen LogP contribution in [0, 0.1) is 0 Å². The molecule has 0 saturated carbocycles. The highest BCUT2D eigenvalue weighted by molar-refractivity contribution is 5.91. The summed E-state index contributed by atoms with van der Waals surface area (Å²) in [5.41, 5.74) is 1.50. The number of ether oxygens (including phenoxy) is 2. The number of carboxylic acids is 1. The molecule has 1 N–H and O–H groups in total. The largest absolute Gasteiger partial charge is 0.493 e. The molecule has 1 aliphatic rings. The highest BCUT2D eigenvalue weighted by Gasteiger charge is 2.34. The average Bonchev–Trinajstić information content (AvgIpc) is 2.51. The number of aromatic carboxylic acids is 1. The lowest BCUT2D eigenvalue weighted by molar-refractivity contribution is 0.0136. The second-order valence-electron chi connectivity index (χ2n) is 7.13. The van der Waals surface area contributed by atoms with Crippen molar-refractivity contribution in [2.24, 2.45) is 0 Å². The van der Waals surface area contributed by atoms with Crippen LogP contribution >= 0.6 is 0 Å². The highest BCUT2D eigenvalue weighted by Crippen LogP contribution is 2.37. The minimum absolute atomic E-state index is 0.152. The molecule has 1 heterocycles. The van der Waals surface area contributed by atoms with Gasteiger partial charge in [0, 0.05) is 6.54 Å². The van der Waals surface area contributed by atoms with E-state index in [9.17, 15) is 14.7 Å². The average molecular weight is 349 g/mol. The van der Waals surface area contributed by atoms with E-state index in [-0.39, 0.29) is 17.7 Å². The van der Waals surface area contributed by atoms with Gasteiger partial charge in [-0.05, 0) is 63.8 Å². The molecular formula is C19H27NO5. The fraction of sp³-hybridized carbons (Fsp3) is 0.579. The van der Waals surface area contributed by atoms with E-state index in [0.717, 1.165) is 11.1 Å². The van der Waals surface area contributed by atoms with Crippen LogP contribution in [0.25, 0.3) is 0 Å². The minimum atomic E-state index is -1.01. The Morgan fingerprint density at radius 1 is 1.28 bits per heavy atom. The first kappa shape index (κ1) is 19.1. The third-order valence-corrected chi connectivity index (χ3v) is 4.14. The van der Waals surface area contributed by atoms with Crippen molar-refractivity contribution >= 4 is 12.1 Å². The Morgan fingerprint density at radius 3 is 2.48 bits per heavy atom. The van der Waals surface area contributed by atoms with Crippen LogP contribution in [0.3, 0.4) is 0 Å². The van der Waals surface area contributed by atoms with E-state index < -0.39 is 11.6 Å². The van der Waals surface area contributed by atoms with Gasteiger partial charge in [0.25, 0.3) is 0 Å². The van der Waals surface area contributed by atoms with Crippen molar-refractivity contribution in [3.8, 4) is 5.75 Å². The molecule has 0 aromatic heterocycles. The molecule has 0 spiro atoms. The molecule has 6 nitrogen and oxygen atoms in total. The quantitative estimate of drug-likeness (QED) is 0.888. The molecule has 1 unspecified atom stereocenters. The van der Waals surface area contributed by atoms with Crippen LogP contribution in [0.15, 0.2) is 12.1 Å². The first-order chi connectivity index (χ1) is 11.7. The van der Waals surface area contributed by atoms with Crippen LogP contribution in [0.2, 0.25) is 0 Å². The zero-order valence-corrected chi connectivity index (χ0v) is 15.6. The Balaban J connectivity index is 2.41. The van der Waals surface area contributed by atoms with Crippen LogP contribution in [-0.4, -0.2) is 40.8 Å². The molecule has 6 heteroatoms. The predicted octanol–water partition coefficient (Wildman–Crippen LogP) is 4.03. The van der Waals surface area contributed by atoms with Gasteiger partial charge in [-0.25, -0.2) is 9.59 Å². The molecule has 1 amide bonds. The molecule has 0 saturated heterocycles. The van der Waals surface area contributed by atoms with Gasteiger partial charge in [-0.15, -0.1) is 0 Å². The number of fused-ring (bicyclic) bond motifs is 1. The summed E-state index contributed by atoms with van der Waals surface area (Å²) in [5.74, 6) is -0.660. The Bertz CT molecular complexity index is 663. The van der Waals surface area contributed by atoms with Gasteiger partial charge in [-0.3, -0.25) is 0 Å². The summed E-state index contributed by atoms with van der Waals surface area (Å²) in [6.45, 7) is 10.2. The summed E-state index contributed by atoms with van der Waals surface area (Å²) in [7, 11) is 0. The molecule has 0 radical (unpaired) electrons. The highest BCUT2D eigenvalue weighted by atomic mass is 16.6. The summed E-state index contributed by atoms with van der Waals surface area (Å²) in [6.07, 6.45) is 0.965. The lowest BCUT2D eigenvalue weighted by atomic mass is 9.89. The van der Waals surface area contributed by atoms with E-state index in [0.29, 0.717) is 31.7 Å². The number of rotatable bonds is 4. The Morgan fingerprint density at radius 2 is 1.96 bits per heavy atom. The summed E-state index contributed by atoms with van der Waals surface area (Å²) in [5, 5.41) is 9.42. The Labute approximate surface area is 148 Å². The molecule has 1 aromatic rings. The monoisotopic (exact) mass is 349 g/mol. The van der Waals surface area contributed by atoms with Crippen molar-refractivity contribution in [3.63, 3.8) is 0 Å². The lowest BCUT2D eigenvalue weighted by Crippen LogP contribution is -2.43. The van der Waals surface area contributed by atoms with Gasteiger partial charge >= 0.3 is 12.1 Å². The summed E-state index contributed by atoms with van der Waals surface area (Å²) < 4.78 is 11.0. The number of hydrogen-bond acceptors (Lipinski definition) is 4. The van der Waals surface area contributed by atoms with E-state index in [1.807, 2.05) is 34.6 Å². The second-order valence-corrected chi connectivity index (χ2v) is 7.13.